The molecule has 2 rings (SSSR count). The van der Waals surface area contributed by atoms with Crippen molar-refractivity contribution in [2.75, 3.05) is 0 Å². The third-order valence-corrected chi connectivity index (χ3v) is 7.76. The zero-order valence-corrected chi connectivity index (χ0v) is 24.6. The number of hydrogen-bond donors (Lipinski definition) is 0. The summed E-state index contributed by atoms with van der Waals surface area (Å²) in [5.41, 5.74) is 2.71. The van der Waals surface area contributed by atoms with E-state index in [1.54, 1.807) is 0 Å². The van der Waals surface area contributed by atoms with Gasteiger partial charge in [0, 0.05) is 0 Å². The molecule has 39 heavy (non-hydrogen) atoms. The summed E-state index contributed by atoms with van der Waals surface area (Å²) >= 11 is 0. The second kappa shape index (κ2) is 28.4. The summed E-state index contributed by atoms with van der Waals surface area (Å²) in [6.07, 6.45) is 29.9. The van der Waals surface area contributed by atoms with E-state index in [4.69, 9.17) is 4.74 Å². The predicted molar refractivity (Wildman–Crippen MR) is 178 cm³/mol. The molecule has 0 aliphatic heterocycles. The van der Waals surface area contributed by atoms with Gasteiger partial charge in [-0.25, -0.2) is 0 Å². The van der Waals surface area contributed by atoms with Crippen LogP contribution in [0.15, 0.2) is 48.5 Å². The van der Waals surface area contributed by atoms with Crippen LogP contribution in [0.1, 0.15) is 153 Å². The number of para-hydroxylation sites is 2. The van der Waals surface area contributed by atoms with Gasteiger partial charge < -0.3 is 4.74 Å². The van der Waals surface area contributed by atoms with Crippen LogP contribution in [0.2, 0.25) is 0 Å². The first kappa shape index (κ1) is 39.2. The predicted octanol–water partition coefficient (Wildman–Crippen LogP) is 11.1. The Balaban J connectivity index is 0.00000722. The van der Waals surface area contributed by atoms with Crippen LogP contribution < -0.4 is 4.74 Å². The minimum absolute atomic E-state index is 0. The Morgan fingerprint density at radius 2 is 0.667 bits per heavy atom. The quantitative estimate of drug-likeness (QED) is 0.0926. The molecule has 0 saturated heterocycles. The molecular formula is C36H60Na2O. The Morgan fingerprint density at radius 1 is 0.385 bits per heavy atom. The minimum atomic E-state index is 0. The van der Waals surface area contributed by atoms with E-state index in [2.05, 4.69) is 62.4 Å². The molecule has 2 aromatic rings. The Bertz CT molecular complexity index is 726. The van der Waals surface area contributed by atoms with Crippen molar-refractivity contribution in [1.29, 1.82) is 0 Å². The Hall–Kier alpha value is 0.240. The number of ether oxygens (including phenoxy) is 1. The number of rotatable bonds is 24. The molecule has 0 atom stereocenters. The van der Waals surface area contributed by atoms with Crippen LogP contribution in [0.5, 0.6) is 11.5 Å². The van der Waals surface area contributed by atoms with E-state index < -0.39 is 0 Å². The van der Waals surface area contributed by atoms with E-state index in [0.717, 1.165) is 24.3 Å². The van der Waals surface area contributed by atoms with Gasteiger partial charge in [-0.05, 0) is 48.9 Å². The first-order valence-corrected chi connectivity index (χ1v) is 16.2. The molecule has 0 aliphatic rings. The van der Waals surface area contributed by atoms with Crippen molar-refractivity contribution in [3.05, 3.63) is 59.7 Å². The van der Waals surface area contributed by atoms with Crippen LogP contribution >= 0.6 is 0 Å². The summed E-state index contributed by atoms with van der Waals surface area (Å²) in [6.45, 7) is 4.59. The second-order valence-corrected chi connectivity index (χ2v) is 11.2. The van der Waals surface area contributed by atoms with E-state index >= 15 is 0 Å². The molecule has 212 valence electrons. The molecule has 0 amide bonds. The molecule has 1 nitrogen and oxygen atoms in total. The average molecular weight is 555 g/mol. The third-order valence-electron chi connectivity index (χ3n) is 7.76. The molecule has 0 unspecified atom stereocenters. The maximum atomic E-state index is 6.53. The molecule has 0 heterocycles. The summed E-state index contributed by atoms with van der Waals surface area (Å²) in [7, 11) is 0. The van der Waals surface area contributed by atoms with Gasteiger partial charge in [-0.1, -0.05) is 166 Å². The summed E-state index contributed by atoms with van der Waals surface area (Å²) in [5, 5.41) is 0. The van der Waals surface area contributed by atoms with E-state index in [0.29, 0.717) is 0 Å². The Morgan fingerprint density at radius 3 is 1.00 bits per heavy atom. The number of benzene rings is 2. The number of aryl methyl sites for hydroxylation is 2. The van der Waals surface area contributed by atoms with Gasteiger partial charge >= 0.3 is 59.1 Å². The molecule has 0 radical (unpaired) electrons. The summed E-state index contributed by atoms with van der Waals surface area (Å²) in [4.78, 5) is 0. The fourth-order valence-corrected chi connectivity index (χ4v) is 5.34. The Kier molecular flexibility index (Phi) is 28.5. The molecule has 0 bridgehead atoms. The van der Waals surface area contributed by atoms with Gasteiger partial charge in [0.2, 0.25) is 0 Å². The van der Waals surface area contributed by atoms with Crippen molar-refractivity contribution in [2.45, 2.75) is 155 Å². The van der Waals surface area contributed by atoms with Crippen molar-refractivity contribution < 1.29 is 4.74 Å². The second-order valence-electron chi connectivity index (χ2n) is 11.2. The zero-order chi connectivity index (χ0) is 26.2. The standard InChI is InChI=1S/C36H58O.2Na.2H/c1-3-5-7-9-11-13-15-17-19-21-27-33-29-23-25-31-35(33)37-36-32-26-24-30-34(36)28-22-20-18-16-14-12-10-8-6-4-2;;;;/h23-26,29-32H,3-22,27-28H2,1-2H3;;;;. The molecule has 3 heteroatoms. The summed E-state index contributed by atoms with van der Waals surface area (Å²) in [5.74, 6) is 2.10. The van der Waals surface area contributed by atoms with Crippen LogP contribution in [0, 0.1) is 0 Å². The molecule has 0 spiro atoms. The van der Waals surface area contributed by atoms with Crippen LogP contribution in [0.3, 0.4) is 0 Å². The Labute approximate surface area is 287 Å². The molecule has 0 aromatic heterocycles. The van der Waals surface area contributed by atoms with Crippen LogP contribution in [0.4, 0.5) is 0 Å². The molecular weight excluding hydrogens is 494 g/mol. The van der Waals surface area contributed by atoms with Crippen molar-refractivity contribution in [1.82, 2.24) is 0 Å². The van der Waals surface area contributed by atoms with Crippen molar-refractivity contribution >= 4 is 59.1 Å². The van der Waals surface area contributed by atoms with Crippen LogP contribution in [-0.4, -0.2) is 59.1 Å². The normalized spacial score (nSPS) is 10.6. The first-order valence-electron chi connectivity index (χ1n) is 16.2. The summed E-state index contributed by atoms with van der Waals surface area (Å²) in [6, 6.07) is 17.4. The SMILES string of the molecule is CCCCCCCCCCCCc1ccccc1Oc1ccccc1CCCCCCCCCCCC.[NaH].[NaH]. The van der Waals surface area contributed by atoms with Gasteiger partial charge in [-0.2, -0.15) is 0 Å². The molecule has 0 saturated carbocycles. The van der Waals surface area contributed by atoms with E-state index in [-0.39, 0.29) is 59.1 Å². The van der Waals surface area contributed by atoms with Gasteiger partial charge in [-0.15, -0.1) is 0 Å². The van der Waals surface area contributed by atoms with Crippen molar-refractivity contribution in [3.8, 4) is 11.5 Å². The van der Waals surface area contributed by atoms with Crippen molar-refractivity contribution in [3.63, 3.8) is 0 Å². The van der Waals surface area contributed by atoms with Gasteiger partial charge in [0.25, 0.3) is 0 Å². The number of hydrogen-bond acceptors (Lipinski definition) is 1. The van der Waals surface area contributed by atoms with Gasteiger partial charge in [0.1, 0.15) is 11.5 Å². The van der Waals surface area contributed by atoms with Gasteiger partial charge in [-0.3, -0.25) is 0 Å². The van der Waals surface area contributed by atoms with Crippen molar-refractivity contribution in [2.24, 2.45) is 0 Å². The van der Waals surface area contributed by atoms with E-state index in [1.807, 2.05) is 0 Å². The van der Waals surface area contributed by atoms with Crippen LogP contribution in [-0.2, 0) is 12.8 Å². The third kappa shape index (κ3) is 19.9. The monoisotopic (exact) mass is 554 g/mol. The summed E-state index contributed by atoms with van der Waals surface area (Å²) < 4.78 is 6.53. The topological polar surface area (TPSA) is 9.23 Å². The maximum absolute atomic E-state index is 6.53. The van der Waals surface area contributed by atoms with Gasteiger partial charge in [0.05, 0.1) is 0 Å². The van der Waals surface area contributed by atoms with E-state index in [9.17, 15) is 0 Å². The molecule has 2 aromatic carbocycles. The first-order chi connectivity index (χ1) is 18.3. The fraction of sp³-hybridized carbons (Fsp3) is 0.667. The molecule has 0 aliphatic carbocycles. The zero-order valence-electron chi connectivity index (χ0n) is 24.6. The van der Waals surface area contributed by atoms with Crippen LogP contribution in [0.25, 0.3) is 0 Å². The molecule has 0 fully saturated rings. The fourth-order valence-electron chi connectivity index (χ4n) is 5.34. The average Bonchev–Trinajstić information content (AvgIpc) is 2.92. The van der Waals surface area contributed by atoms with Gasteiger partial charge in [0.15, 0.2) is 0 Å². The number of unbranched alkanes of at least 4 members (excludes halogenated alkanes) is 18. The van der Waals surface area contributed by atoms with E-state index in [1.165, 1.54) is 140 Å². The molecule has 0 N–H and O–H groups in total.